The SMILES string of the molecule is CC(C)N(CCCC(=O)O)C(=O)c1ccc([N+](=O)[O-])[nH]1. The van der Waals surface area contributed by atoms with Crippen LogP contribution in [0.4, 0.5) is 5.82 Å². The lowest BCUT2D eigenvalue weighted by Crippen LogP contribution is -2.38. The summed E-state index contributed by atoms with van der Waals surface area (Å²) in [6, 6.07) is 2.45. The second kappa shape index (κ2) is 6.69. The molecule has 0 aliphatic rings. The number of nitrogens with one attached hydrogen (secondary N) is 1. The standard InChI is InChI=1S/C12H17N3O5/c1-8(2)14(7-3-4-11(16)17)12(18)9-5-6-10(13-9)15(19)20/h5-6,8,13H,3-4,7H2,1-2H3,(H,16,17). The van der Waals surface area contributed by atoms with Crippen LogP contribution in [-0.4, -0.2) is 44.4 Å². The lowest BCUT2D eigenvalue weighted by atomic mass is 10.2. The molecule has 1 heterocycles. The number of aromatic amines is 1. The van der Waals surface area contributed by atoms with E-state index in [9.17, 15) is 19.7 Å². The van der Waals surface area contributed by atoms with E-state index in [2.05, 4.69) is 4.98 Å². The molecule has 8 heteroatoms. The summed E-state index contributed by atoms with van der Waals surface area (Å²) in [4.78, 5) is 36.6. The van der Waals surface area contributed by atoms with Gasteiger partial charge in [0, 0.05) is 25.1 Å². The van der Waals surface area contributed by atoms with Gasteiger partial charge < -0.3 is 20.1 Å². The Bertz CT molecular complexity index is 509. The third-order valence-corrected chi connectivity index (χ3v) is 2.77. The number of aromatic nitrogens is 1. The molecule has 0 saturated heterocycles. The maximum Gasteiger partial charge on any atom is 0.321 e. The summed E-state index contributed by atoms with van der Waals surface area (Å²) in [7, 11) is 0. The smallest absolute Gasteiger partial charge is 0.321 e. The van der Waals surface area contributed by atoms with Crippen LogP contribution in [0.2, 0.25) is 0 Å². The zero-order valence-corrected chi connectivity index (χ0v) is 11.3. The molecule has 20 heavy (non-hydrogen) atoms. The largest absolute Gasteiger partial charge is 0.481 e. The van der Waals surface area contributed by atoms with Gasteiger partial charge in [-0.25, -0.2) is 4.98 Å². The minimum atomic E-state index is -0.920. The molecule has 0 bridgehead atoms. The molecule has 0 spiro atoms. The summed E-state index contributed by atoms with van der Waals surface area (Å²) in [5, 5.41) is 19.2. The van der Waals surface area contributed by atoms with Crippen molar-refractivity contribution in [1.29, 1.82) is 0 Å². The van der Waals surface area contributed by atoms with E-state index in [1.807, 2.05) is 0 Å². The Labute approximate surface area is 115 Å². The Morgan fingerprint density at radius 3 is 2.55 bits per heavy atom. The monoisotopic (exact) mass is 283 g/mol. The number of H-pyrrole nitrogens is 1. The lowest BCUT2D eigenvalue weighted by Gasteiger charge is -2.25. The highest BCUT2D eigenvalue weighted by Crippen LogP contribution is 2.14. The second-order valence-corrected chi connectivity index (χ2v) is 4.60. The molecular formula is C12H17N3O5. The van der Waals surface area contributed by atoms with Crippen LogP contribution in [0.5, 0.6) is 0 Å². The third-order valence-electron chi connectivity index (χ3n) is 2.77. The van der Waals surface area contributed by atoms with Crippen molar-refractivity contribution >= 4 is 17.7 Å². The minimum Gasteiger partial charge on any atom is -0.481 e. The van der Waals surface area contributed by atoms with Crippen LogP contribution in [0, 0.1) is 10.1 Å². The summed E-state index contributed by atoms with van der Waals surface area (Å²) in [6.07, 6.45) is 0.309. The number of carboxylic acid groups (broad SMARTS) is 1. The van der Waals surface area contributed by atoms with Gasteiger partial charge >= 0.3 is 11.8 Å². The number of carbonyl (C=O) groups is 2. The predicted molar refractivity (Wildman–Crippen MR) is 70.5 cm³/mol. The molecule has 0 unspecified atom stereocenters. The van der Waals surface area contributed by atoms with E-state index in [4.69, 9.17) is 5.11 Å². The number of carbonyl (C=O) groups excluding carboxylic acids is 1. The van der Waals surface area contributed by atoms with E-state index in [1.165, 1.54) is 17.0 Å². The molecule has 0 radical (unpaired) electrons. The Kier molecular flexibility index (Phi) is 5.24. The van der Waals surface area contributed by atoms with Crippen molar-refractivity contribution in [2.45, 2.75) is 32.7 Å². The lowest BCUT2D eigenvalue weighted by molar-refractivity contribution is -0.389. The normalized spacial score (nSPS) is 10.6. The second-order valence-electron chi connectivity index (χ2n) is 4.60. The van der Waals surface area contributed by atoms with Gasteiger partial charge in [-0.1, -0.05) is 0 Å². The van der Waals surface area contributed by atoms with E-state index in [-0.39, 0.29) is 36.4 Å². The molecule has 0 saturated carbocycles. The van der Waals surface area contributed by atoms with Gasteiger partial charge in [0.25, 0.3) is 5.91 Å². The van der Waals surface area contributed by atoms with Gasteiger partial charge in [0.2, 0.25) is 0 Å². The summed E-state index contributed by atoms with van der Waals surface area (Å²) >= 11 is 0. The number of hydrogen-bond acceptors (Lipinski definition) is 4. The van der Waals surface area contributed by atoms with Crippen LogP contribution in [0.3, 0.4) is 0 Å². The van der Waals surface area contributed by atoms with Crippen LogP contribution in [0.1, 0.15) is 37.2 Å². The summed E-state index contributed by atoms with van der Waals surface area (Å²) in [5.41, 5.74) is 0.126. The van der Waals surface area contributed by atoms with Crippen molar-refractivity contribution in [3.05, 3.63) is 27.9 Å². The van der Waals surface area contributed by atoms with Gasteiger partial charge in [-0.3, -0.25) is 9.59 Å². The topological polar surface area (TPSA) is 117 Å². The molecule has 1 amide bonds. The zero-order valence-electron chi connectivity index (χ0n) is 11.3. The first kappa shape index (κ1) is 15.7. The molecule has 1 rings (SSSR count). The van der Waals surface area contributed by atoms with Crippen molar-refractivity contribution in [2.75, 3.05) is 6.54 Å². The van der Waals surface area contributed by atoms with Crippen LogP contribution in [0.15, 0.2) is 12.1 Å². The van der Waals surface area contributed by atoms with Crippen LogP contribution < -0.4 is 0 Å². The van der Waals surface area contributed by atoms with Gasteiger partial charge in [0.15, 0.2) is 5.69 Å². The summed E-state index contributed by atoms with van der Waals surface area (Å²) < 4.78 is 0. The van der Waals surface area contributed by atoms with Crippen LogP contribution in [0.25, 0.3) is 0 Å². The minimum absolute atomic E-state index is 0.0264. The molecule has 0 atom stereocenters. The predicted octanol–water partition coefficient (Wildman–Crippen LogP) is 1.64. The number of hydrogen-bond donors (Lipinski definition) is 2. The average molecular weight is 283 g/mol. The van der Waals surface area contributed by atoms with Gasteiger partial charge in [0.1, 0.15) is 0 Å². The fraction of sp³-hybridized carbons (Fsp3) is 0.500. The fourth-order valence-electron chi connectivity index (χ4n) is 1.76. The van der Waals surface area contributed by atoms with E-state index in [0.717, 1.165) is 0 Å². The number of amides is 1. The number of nitrogens with zero attached hydrogens (tertiary/aromatic N) is 2. The van der Waals surface area contributed by atoms with Gasteiger partial charge in [-0.15, -0.1) is 0 Å². The molecule has 110 valence electrons. The molecule has 8 nitrogen and oxygen atoms in total. The Morgan fingerprint density at radius 1 is 1.45 bits per heavy atom. The van der Waals surface area contributed by atoms with E-state index in [0.29, 0.717) is 6.42 Å². The highest BCUT2D eigenvalue weighted by Gasteiger charge is 2.23. The Hall–Kier alpha value is -2.38. The van der Waals surface area contributed by atoms with Crippen molar-refractivity contribution in [1.82, 2.24) is 9.88 Å². The maximum absolute atomic E-state index is 12.2. The van der Waals surface area contributed by atoms with Crippen molar-refractivity contribution in [2.24, 2.45) is 0 Å². The van der Waals surface area contributed by atoms with Crippen molar-refractivity contribution < 1.29 is 19.6 Å². The first-order chi connectivity index (χ1) is 9.32. The van der Waals surface area contributed by atoms with E-state index >= 15 is 0 Å². The maximum atomic E-state index is 12.2. The van der Waals surface area contributed by atoms with Crippen LogP contribution in [-0.2, 0) is 4.79 Å². The molecule has 2 N–H and O–H groups in total. The molecular weight excluding hydrogens is 266 g/mol. The highest BCUT2D eigenvalue weighted by molar-refractivity contribution is 5.93. The van der Waals surface area contributed by atoms with E-state index in [1.54, 1.807) is 13.8 Å². The molecule has 0 aliphatic carbocycles. The Morgan fingerprint density at radius 2 is 2.10 bits per heavy atom. The van der Waals surface area contributed by atoms with E-state index < -0.39 is 10.9 Å². The van der Waals surface area contributed by atoms with Crippen molar-refractivity contribution in [3.63, 3.8) is 0 Å². The molecule has 1 aromatic rings. The first-order valence-electron chi connectivity index (χ1n) is 6.19. The number of carboxylic acids is 1. The quantitative estimate of drug-likeness (QED) is 0.582. The average Bonchev–Trinajstić information content (AvgIpc) is 2.82. The van der Waals surface area contributed by atoms with Gasteiger partial charge in [0.05, 0.1) is 0 Å². The number of aliphatic carboxylic acids is 1. The molecule has 1 aromatic heterocycles. The zero-order chi connectivity index (χ0) is 15.3. The van der Waals surface area contributed by atoms with Crippen molar-refractivity contribution in [3.8, 4) is 0 Å². The fourth-order valence-corrected chi connectivity index (χ4v) is 1.76. The highest BCUT2D eigenvalue weighted by atomic mass is 16.6. The van der Waals surface area contributed by atoms with Gasteiger partial charge in [-0.05, 0) is 31.3 Å². The molecule has 0 aliphatic heterocycles. The summed E-state index contributed by atoms with van der Waals surface area (Å²) in [5.74, 6) is -1.54. The third kappa shape index (κ3) is 4.08. The Balaban J connectivity index is 2.77. The first-order valence-corrected chi connectivity index (χ1v) is 6.19. The molecule has 0 aromatic carbocycles. The van der Waals surface area contributed by atoms with Gasteiger partial charge in [-0.2, -0.15) is 0 Å². The summed E-state index contributed by atoms with van der Waals surface area (Å²) in [6.45, 7) is 3.89. The number of nitro groups is 1. The van der Waals surface area contributed by atoms with Crippen LogP contribution >= 0.6 is 0 Å². The number of rotatable bonds is 7. The molecule has 0 fully saturated rings.